The molecule has 0 aliphatic carbocycles. The summed E-state index contributed by atoms with van der Waals surface area (Å²) >= 11 is 12.6. The van der Waals surface area contributed by atoms with Gasteiger partial charge in [-0.25, -0.2) is 0 Å². The molecule has 1 unspecified atom stereocenters. The molecule has 3 rings (SSSR count). The number of benzene rings is 2. The minimum Gasteiger partial charge on any atom is -0.495 e. The van der Waals surface area contributed by atoms with Crippen molar-refractivity contribution in [3.8, 4) is 5.75 Å². The second-order valence-electron chi connectivity index (χ2n) is 6.39. The second-order valence-corrected chi connectivity index (χ2v) is 7.20. The topological polar surface area (TPSA) is 72.1 Å². The highest BCUT2D eigenvalue weighted by atomic mass is 127. The lowest BCUT2D eigenvalue weighted by molar-refractivity contribution is 0.0180. The molecule has 6 nitrogen and oxygen atoms in total. The maximum Gasteiger partial charge on any atom is 0.193 e. The number of hydrogen-bond donors (Lipinski definition) is 2. The fourth-order valence-corrected chi connectivity index (χ4v) is 3.68. The van der Waals surface area contributed by atoms with Gasteiger partial charge in [0.2, 0.25) is 0 Å². The smallest absolute Gasteiger partial charge is 0.193 e. The van der Waals surface area contributed by atoms with Crippen LogP contribution in [0.5, 0.6) is 5.75 Å². The van der Waals surface area contributed by atoms with Crippen LogP contribution in [0.25, 0.3) is 0 Å². The van der Waals surface area contributed by atoms with Crippen molar-refractivity contribution < 1.29 is 9.47 Å². The normalized spacial score (nSPS) is 16.0. The number of nitrogens with zero attached hydrogens (tertiary/aromatic N) is 2. The highest BCUT2D eigenvalue weighted by Crippen LogP contribution is 2.29. The number of rotatable bonds is 6. The third-order valence-corrected chi connectivity index (χ3v) is 5.25. The summed E-state index contributed by atoms with van der Waals surface area (Å²) < 4.78 is 10.6. The third-order valence-electron chi connectivity index (χ3n) is 4.61. The Kier molecular flexibility index (Phi) is 9.78. The molecule has 0 amide bonds. The zero-order chi connectivity index (χ0) is 19.9. The Bertz CT molecular complexity index is 832. The molecule has 2 aromatic rings. The average Bonchev–Trinajstić information content (AvgIpc) is 2.70. The molecule has 1 heterocycles. The predicted molar refractivity (Wildman–Crippen MR) is 130 cm³/mol. The molecule has 158 valence electrons. The van der Waals surface area contributed by atoms with Gasteiger partial charge in [-0.1, -0.05) is 41.4 Å². The first-order chi connectivity index (χ1) is 13.6. The monoisotopic (exact) mass is 550 g/mol. The number of guanidine groups is 1. The van der Waals surface area contributed by atoms with Crippen molar-refractivity contribution in [1.29, 1.82) is 0 Å². The standard InChI is InChI=1S/C20H24Cl2N4O2.HI/c1-27-19-7-6-14(12-17(19)22)25-20(23)24-13-18(26-8-10-28-11-9-26)15-4-2-3-5-16(15)21;/h2-7,12,18H,8-11,13H2,1H3,(H3,23,24,25);1H. The number of hydrogen-bond acceptors (Lipinski definition) is 4. The lowest BCUT2D eigenvalue weighted by Crippen LogP contribution is -2.40. The number of halogens is 3. The van der Waals surface area contributed by atoms with Crippen molar-refractivity contribution in [2.24, 2.45) is 10.7 Å². The van der Waals surface area contributed by atoms with Crippen LogP contribution < -0.4 is 15.8 Å². The summed E-state index contributed by atoms with van der Waals surface area (Å²) in [5, 5.41) is 4.30. The average molecular weight is 551 g/mol. The first kappa shape index (κ1) is 24.0. The number of methoxy groups -OCH3 is 1. The quantitative estimate of drug-likeness (QED) is 0.316. The Labute approximate surface area is 198 Å². The summed E-state index contributed by atoms with van der Waals surface area (Å²) in [5.41, 5.74) is 7.89. The zero-order valence-corrected chi connectivity index (χ0v) is 19.9. The molecule has 1 fully saturated rings. The van der Waals surface area contributed by atoms with Gasteiger partial charge in [0.05, 0.1) is 37.9 Å². The largest absolute Gasteiger partial charge is 0.495 e. The molecule has 0 saturated carbocycles. The van der Waals surface area contributed by atoms with E-state index in [9.17, 15) is 0 Å². The van der Waals surface area contributed by atoms with Gasteiger partial charge in [0.25, 0.3) is 0 Å². The predicted octanol–water partition coefficient (Wildman–Crippen LogP) is 4.42. The summed E-state index contributed by atoms with van der Waals surface area (Å²) in [7, 11) is 1.57. The first-order valence-corrected chi connectivity index (χ1v) is 9.81. The van der Waals surface area contributed by atoms with Crippen molar-refractivity contribution in [3.05, 3.63) is 58.1 Å². The second kappa shape index (κ2) is 11.8. The number of nitrogens with two attached hydrogens (primary N) is 1. The first-order valence-electron chi connectivity index (χ1n) is 9.05. The van der Waals surface area contributed by atoms with Crippen LogP contribution in [-0.4, -0.2) is 50.8 Å². The summed E-state index contributed by atoms with van der Waals surface area (Å²) in [5.74, 6) is 0.917. The van der Waals surface area contributed by atoms with Crippen LogP contribution in [0.4, 0.5) is 5.69 Å². The van der Waals surface area contributed by atoms with Gasteiger partial charge in [-0.2, -0.15) is 0 Å². The Hall–Kier alpha value is -1.26. The fourth-order valence-electron chi connectivity index (χ4n) is 3.16. The Morgan fingerprint density at radius 1 is 1.21 bits per heavy atom. The highest BCUT2D eigenvalue weighted by Gasteiger charge is 2.24. The van der Waals surface area contributed by atoms with Crippen LogP contribution in [0.1, 0.15) is 11.6 Å². The minimum absolute atomic E-state index is 0. The van der Waals surface area contributed by atoms with Gasteiger partial charge in [0.1, 0.15) is 5.75 Å². The van der Waals surface area contributed by atoms with Gasteiger partial charge in [-0.3, -0.25) is 9.89 Å². The number of anilines is 1. The van der Waals surface area contributed by atoms with Gasteiger partial charge < -0.3 is 20.5 Å². The number of ether oxygens (including phenoxy) is 2. The van der Waals surface area contributed by atoms with Crippen molar-refractivity contribution >= 4 is 58.8 Å². The maximum absolute atomic E-state index is 6.45. The third kappa shape index (κ3) is 6.62. The van der Waals surface area contributed by atoms with Crippen LogP contribution in [0.3, 0.4) is 0 Å². The van der Waals surface area contributed by atoms with E-state index >= 15 is 0 Å². The summed E-state index contributed by atoms with van der Waals surface area (Å²) in [6.07, 6.45) is 0. The van der Waals surface area contributed by atoms with E-state index in [-0.39, 0.29) is 30.0 Å². The molecule has 0 spiro atoms. The highest BCUT2D eigenvalue weighted by molar-refractivity contribution is 14.0. The molecule has 1 aliphatic heterocycles. The van der Waals surface area contributed by atoms with Gasteiger partial charge in [-0.15, -0.1) is 24.0 Å². The number of aliphatic imine (C=N–C) groups is 1. The zero-order valence-electron chi connectivity index (χ0n) is 16.1. The van der Waals surface area contributed by atoms with Crippen molar-refractivity contribution in [3.63, 3.8) is 0 Å². The SMILES string of the molecule is COc1ccc(NC(N)=NCC(c2ccccc2Cl)N2CCOCC2)cc1Cl.I. The molecule has 1 saturated heterocycles. The molecule has 0 aromatic heterocycles. The van der Waals surface area contributed by atoms with E-state index in [0.717, 1.165) is 29.4 Å². The van der Waals surface area contributed by atoms with E-state index in [1.807, 2.05) is 30.3 Å². The van der Waals surface area contributed by atoms with Crippen LogP contribution in [0.15, 0.2) is 47.5 Å². The molecule has 1 atom stereocenters. The van der Waals surface area contributed by atoms with Crippen LogP contribution in [-0.2, 0) is 4.74 Å². The van der Waals surface area contributed by atoms with Gasteiger partial charge >= 0.3 is 0 Å². The van der Waals surface area contributed by atoms with Crippen LogP contribution >= 0.6 is 47.2 Å². The van der Waals surface area contributed by atoms with E-state index in [1.54, 1.807) is 19.2 Å². The number of nitrogens with one attached hydrogen (secondary N) is 1. The van der Waals surface area contributed by atoms with E-state index in [0.29, 0.717) is 36.5 Å². The van der Waals surface area contributed by atoms with Crippen molar-refractivity contribution in [2.75, 3.05) is 45.3 Å². The molecule has 9 heteroatoms. The van der Waals surface area contributed by atoms with Crippen molar-refractivity contribution in [1.82, 2.24) is 4.90 Å². The molecule has 0 radical (unpaired) electrons. The summed E-state index contributed by atoms with van der Waals surface area (Å²) in [4.78, 5) is 6.88. The van der Waals surface area contributed by atoms with Crippen LogP contribution in [0, 0.1) is 0 Å². The van der Waals surface area contributed by atoms with E-state index in [2.05, 4.69) is 15.2 Å². The molecule has 0 bridgehead atoms. The molecule has 3 N–H and O–H groups in total. The maximum atomic E-state index is 6.45. The molecular formula is C20H25Cl2IN4O2. The van der Waals surface area contributed by atoms with Gasteiger partial charge in [0, 0.05) is 23.8 Å². The number of morpholine rings is 1. The fraction of sp³-hybridized carbons (Fsp3) is 0.350. The Morgan fingerprint density at radius 2 is 1.93 bits per heavy atom. The van der Waals surface area contributed by atoms with Crippen LogP contribution in [0.2, 0.25) is 10.0 Å². The van der Waals surface area contributed by atoms with E-state index < -0.39 is 0 Å². The van der Waals surface area contributed by atoms with Crippen molar-refractivity contribution in [2.45, 2.75) is 6.04 Å². The molecule has 29 heavy (non-hydrogen) atoms. The van der Waals surface area contributed by atoms with Gasteiger partial charge in [0.15, 0.2) is 5.96 Å². The minimum atomic E-state index is 0. The van der Waals surface area contributed by atoms with E-state index in [4.69, 9.17) is 38.4 Å². The molecule has 2 aromatic carbocycles. The lowest BCUT2D eigenvalue weighted by atomic mass is 10.0. The van der Waals surface area contributed by atoms with Gasteiger partial charge in [-0.05, 0) is 29.8 Å². The molecular weight excluding hydrogens is 526 g/mol. The summed E-state index contributed by atoms with van der Waals surface area (Å²) in [6.45, 7) is 3.53. The Morgan fingerprint density at radius 3 is 2.59 bits per heavy atom. The molecule has 1 aliphatic rings. The van der Waals surface area contributed by atoms with E-state index in [1.165, 1.54) is 0 Å². The Balaban J connectivity index is 0.00000300. The lowest BCUT2D eigenvalue weighted by Gasteiger charge is -2.34. The summed E-state index contributed by atoms with van der Waals surface area (Å²) in [6, 6.07) is 13.2.